The molecule has 0 aromatic carbocycles. The molecule has 24 heavy (non-hydrogen) atoms. The molecule has 0 aliphatic carbocycles. The first-order chi connectivity index (χ1) is 11.6. The van der Waals surface area contributed by atoms with Crippen LogP contribution < -0.4 is 5.56 Å². The second-order valence-corrected chi connectivity index (χ2v) is 6.63. The number of nitrogens with one attached hydrogen (secondary N) is 1. The van der Waals surface area contributed by atoms with E-state index in [1.54, 1.807) is 13.0 Å². The second-order valence-electron chi connectivity index (χ2n) is 6.63. The number of hydrogen-bond acceptors (Lipinski definition) is 5. The van der Waals surface area contributed by atoms with Crippen molar-refractivity contribution in [3.05, 3.63) is 45.0 Å². The van der Waals surface area contributed by atoms with E-state index in [2.05, 4.69) is 15.1 Å². The molecule has 2 atom stereocenters. The number of rotatable bonds is 2. The zero-order chi connectivity index (χ0) is 16.8. The van der Waals surface area contributed by atoms with Gasteiger partial charge >= 0.3 is 0 Å². The van der Waals surface area contributed by atoms with Crippen molar-refractivity contribution in [1.82, 2.24) is 20.0 Å². The minimum absolute atomic E-state index is 0.0181. The highest BCUT2D eigenvalue weighted by molar-refractivity contribution is 5.92. The van der Waals surface area contributed by atoms with E-state index in [1.807, 2.05) is 11.8 Å². The van der Waals surface area contributed by atoms with Gasteiger partial charge in [-0.1, -0.05) is 12.1 Å². The lowest BCUT2D eigenvalue weighted by Gasteiger charge is -2.26. The number of aryl methyl sites for hydroxylation is 2. The number of carbonyl (C=O) groups excluding carboxylic acids is 1. The topological polar surface area (TPSA) is 92.1 Å². The van der Waals surface area contributed by atoms with E-state index in [-0.39, 0.29) is 29.3 Å². The van der Waals surface area contributed by atoms with Gasteiger partial charge in [0.25, 0.3) is 11.5 Å². The van der Waals surface area contributed by atoms with Crippen LogP contribution in [0.25, 0.3) is 0 Å². The van der Waals surface area contributed by atoms with Gasteiger partial charge in [-0.25, -0.2) is 4.98 Å². The van der Waals surface area contributed by atoms with Crippen molar-refractivity contribution >= 4 is 5.91 Å². The van der Waals surface area contributed by atoms with Crippen LogP contribution in [0.3, 0.4) is 0 Å². The maximum atomic E-state index is 12.9. The van der Waals surface area contributed by atoms with E-state index < -0.39 is 0 Å². The SMILES string of the molecule is CCc1nc2c(c(=O)[nH]1)C[C@H]1CC[C@@H](C2)N1C(=O)c1cc(C)no1. The molecular weight excluding hydrogens is 308 g/mol. The monoisotopic (exact) mass is 328 g/mol. The lowest BCUT2D eigenvalue weighted by atomic mass is 9.98. The molecule has 2 aromatic rings. The number of carbonyl (C=O) groups is 1. The Morgan fingerprint density at radius 2 is 2.12 bits per heavy atom. The van der Waals surface area contributed by atoms with Crippen LogP contribution in [-0.4, -0.2) is 38.0 Å². The maximum Gasteiger partial charge on any atom is 0.292 e. The van der Waals surface area contributed by atoms with Gasteiger partial charge in [-0.2, -0.15) is 0 Å². The van der Waals surface area contributed by atoms with Crippen LogP contribution in [0.15, 0.2) is 15.4 Å². The standard InChI is InChI=1S/C17H20N4O3/c1-3-15-18-13-8-11-5-4-10(7-12(13)16(22)19-15)21(11)17(23)14-6-9(2)20-24-14/h6,10-11H,3-5,7-8H2,1-2H3,(H,18,19,22)/t10-,11+/m1/s1. The zero-order valence-corrected chi connectivity index (χ0v) is 13.8. The number of fused-ring (bicyclic) bond motifs is 3. The Labute approximate surface area is 139 Å². The van der Waals surface area contributed by atoms with E-state index in [9.17, 15) is 9.59 Å². The Bertz CT molecular complexity index is 854. The Hall–Kier alpha value is -2.44. The summed E-state index contributed by atoms with van der Waals surface area (Å²) < 4.78 is 5.16. The van der Waals surface area contributed by atoms with Gasteiger partial charge in [0.1, 0.15) is 5.82 Å². The average molecular weight is 328 g/mol. The Balaban J connectivity index is 1.71. The van der Waals surface area contributed by atoms with Crippen LogP contribution in [0, 0.1) is 6.92 Å². The number of aromatic nitrogens is 3. The summed E-state index contributed by atoms with van der Waals surface area (Å²) in [5, 5.41) is 3.81. The highest BCUT2D eigenvalue weighted by Gasteiger charge is 2.42. The van der Waals surface area contributed by atoms with Gasteiger partial charge in [0, 0.05) is 43.0 Å². The highest BCUT2D eigenvalue weighted by Crippen LogP contribution is 2.33. The average Bonchev–Trinajstić information content (AvgIpc) is 3.10. The molecule has 0 spiro atoms. The molecule has 2 bridgehead atoms. The predicted octanol–water partition coefficient (Wildman–Crippen LogP) is 1.40. The number of hydrogen-bond donors (Lipinski definition) is 1. The van der Waals surface area contributed by atoms with Gasteiger partial charge in [0.15, 0.2) is 0 Å². The van der Waals surface area contributed by atoms with Gasteiger partial charge in [0.2, 0.25) is 5.76 Å². The lowest BCUT2D eigenvalue weighted by molar-refractivity contribution is 0.0630. The Kier molecular flexibility index (Phi) is 3.51. The number of nitrogens with zero attached hydrogens (tertiary/aromatic N) is 3. The van der Waals surface area contributed by atoms with Gasteiger partial charge in [-0.05, 0) is 19.8 Å². The van der Waals surface area contributed by atoms with E-state index in [0.717, 1.165) is 24.1 Å². The van der Waals surface area contributed by atoms with E-state index in [0.29, 0.717) is 30.8 Å². The summed E-state index contributed by atoms with van der Waals surface area (Å²) in [5.74, 6) is 0.842. The summed E-state index contributed by atoms with van der Waals surface area (Å²) in [5.41, 5.74) is 2.20. The summed E-state index contributed by atoms with van der Waals surface area (Å²) in [6.45, 7) is 3.76. The van der Waals surface area contributed by atoms with Crippen LogP contribution in [-0.2, 0) is 19.3 Å². The van der Waals surface area contributed by atoms with Crippen molar-refractivity contribution in [1.29, 1.82) is 0 Å². The van der Waals surface area contributed by atoms with E-state index >= 15 is 0 Å². The molecule has 1 fully saturated rings. The zero-order valence-electron chi connectivity index (χ0n) is 13.8. The fourth-order valence-corrected chi connectivity index (χ4v) is 3.89. The van der Waals surface area contributed by atoms with E-state index in [1.165, 1.54) is 0 Å². The molecule has 0 saturated carbocycles. The van der Waals surface area contributed by atoms with Crippen LogP contribution >= 0.6 is 0 Å². The van der Waals surface area contributed by atoms with Gasteiger partial charge in [0.05, 0.1) is 11.4 Å². The molecule has 2 aliphatic heterocycles. The molecule has 4 heterocycles. The largest absolute Gasteiger partial charge is 0.351 e. The number of aromatic amines is 1. The molecule has 1 saturated heterocycles. The fourth-order valence-electron chi connectivity index (χ4n) is 3.89. The normalized spacial score (nSPS) is 22.3. The smallest absolute Gasteiger partial charge is 0.292 e. The molecule has 1 amide bonds. The molecule has 1 N–H and O–H groups in total. The molecule has 4 rings (SSSR count). The minimum atomic E-state index is -0.136. The van der Waals surface area contributed by atoms with Crippen molar-refractivity contribution in [2.45, 2.75) is 58.0 Å². The predicted molar refractivity (Wildman–Crippen MR) is 85.9 cm³/mol. The van der Waals surface area contributed by atoms with Crippen molar-refractivity contribution in [2.75, 3.05) is 0 Å². The third-order valence-corrected chi connectivity index (χ3v) is 5.05. The third kappa shape index (κ3) is 2.35. The first-order valence-electron chi connectivity index (χ1n) is 8.43. The quantitative estimate of drug-likeness (QED) is 0.899. The van der Waals surface area contributed by atoms with Gasteiger partial charge in [-0.15, -0.1) is 0 Å². The number of H-pyrrole nitrogens is 1. The third-order valence-electron chi connectivity index (χ3n) is 5.05. The van der Waals surface area contributed by atoms with Crippen LogP contribution in [0.2, 0.25) is 0 Å². The summed E-state index contributed by atoms with van der Waals surface area (Å²) in [4.78, 5) is 34.6. The summed E-state index contributed by atoms with van der Waals surface area (Å²) >= 11 is 0. The molecule has 7 nitrogen and oxygen atoms in total. The van der Waals surface area contributed by atoms with Crippen LogP contribution in [0.1, 0.15) is 53.1 Å². The molecule has 0 radical (unpaired) electrons. The van der Waals surface area contributed by atoms with Gasteiger partial charge < -0.3 is 14.4 Å². The maximum absolute atomic E-state index is 12.9. The lowest BCUT2D eigenvalue weighted by Crippen LogP contribution is -2.41. The van der Waals surface area contributed by atoms with E-state index in [4.69, 9.17) is 4.52 Å². The number of amides is 1. The molecule has 2 aliphatic rings. The minimum Gasteiger partial charge on any atom is -0.351 e. The Morgan fingerprint density at radius 3 is 2.79 bits per heavy atom. The van der Waals surface area contributed by atoms with Crippen molar-refractivity contribution in [2.24, 2.45) is 0 Å². The van der Waals surface area contributed by atoms with Crippen LogP contribution in [0.4, 0.5) is 0 Å². The first kappa shape index (κ1) is 15.1. The summed E-state index contributed by atoms with van der Waals surface area (Å²) in [6, 6.07) is 1.75. The van der Waals surface area contributed by atoms with Crippen molar-refractivity contribution in [3.63, 3.8) is 0 Å². The molecular formula is C17H20N4O3. The van der Waals surface area contributed by atoms with Crippen LogP contribution in [0.5, 0.6) is 0 Å². The molecule has 126 valence electrons. The fraction of sp³-hybridized carbons (Fsp3) is 0.529. The molecule has 7 heteroatoms. The first-order valence-corrected chi connectivity index (χ1v) is 8.43. The molecule has 2 aromatic heterocycles. The Morgan fingerprint density at radius 1 is 1.38 bits per heavy atom. The van der Waals surface area contributed by atoms with Crippen molar-refractivity contribution in [3.8, 4) is 0 Å². The summed E-state index contributed by atoms with van der Waals surface area (Å²) in [7, 11) is 0. The van der Waals surface area contributed by atoms with Gasteiger partial charge in [-0.3, -0.25) is 9.59 Å². The molecule has 0 unspecified atom stereocenters. The highest BCUT2D eigenvalue weighted by atomic mass is 16.5. The second kappa shape index (κ2) is 5.58. The van der Waals surface area contributed by atoms with Crippen molar-refractivity contribution < 1.29 is 9.32 Å². The summed E-state index contributed by atoms with van der Waals surface area (Å²) in [6.07, 6.45) is 3.70.